The summed E-state index contributed by atoms with van der Waals surface area (Å²) in [6, 6.07) is 13.0. The molecule has 1 fully saturated rings. The van der Waals surface area contributed by atoms with Gasteiger partial charge in [0.15, 0.2) is 5.82 Å². The molecule has 3 aromatic rings. The highest BCUT2D eigenvalue weighted by molar-refractivity contribution is 8.00. The van der Waals surface area contributed by atoms with Gasteiger partial charge in [0, 0.05) is 48.7 Å². The number of likely N-dealkylation sites (tertiary alicyclic amines) is 1. The summed E-state index contributed by atoms with van der Waals surface area (Å²) < 4.78 is 1.68. The van der Waals surface area contributed by atoms with E-state index in [2.05, 4.69) is 15.4 Å². The predicted molar refractivity (Wildman–Crippen MR) is 116 cm³/mol. The fraction of sp³-hybridized carbons (Fsp3) is 0.273. The summed E-state index contributed by atoms with van der Waals surface area (Å²) in [5, 5.41) is 7.19. The van der Waals surface area contributed by atoms with Gasteiger partial charge in [0.2, 0.25) is 5.91 Å². The Morgan fingerprint density at radius 3 is 2.67 bits per heavy atom. The summed E-state index contributed by atoms with van der Waals surface area (Å²) in [6.45, 7) is 2.00. The van der Waals surface area contributed by atoms with Gasteiger partial charge < -0.3 is 10.2 Å². The molecule has 1 N–H and O–H groups in total. The molecule has 1 saturated heterocycles. The van der Waals surface area contributed by atoms with E-state index in [1.165, 1.54) is 11.8 Å². The Morgan fingerprint density at radius 1 is 1.03 bits per heavy atom. The van der Waals surface area contributed by atoms with Crippen molar-refractivity contribution in [2.45, 2.75) is 24.3 Å². The maximum Gasteiger partial charge on any atom is 0.252 e. The van der Waals surface area contributed by atoms with E-state index in [4.69, 9.17) is 0 Å². The second-order valence-electron chi connectivity index (χ2n) is 6.99. The molecule has 0 atom stereocenters. The molecule has 2 aromatic heterocycles. The van der Waals surface area contributed by atoms with E-state index in [0.717, 1.165) is 36.4 Å². The number of nitrogens with zero attached hydrogens (tertiary/aromatic N) is 4. The van der Waals surface area contributed by atoms with Crippen molar-refractivity contribution in [2.24, 2.45) is 0 Å². The minimum Gasteiger partial charge on any atom is -0.348 e. The topological polar surface area (TPSA) is 80.1 Å². The molecule has 1 aromatic carbocycles. The molecule has 4 rings (SSSR count). The van der Waals surface area contributed by atoms with Crippen LogP contribution in [0.5, 0.6) is 0 Å². The maximum atomic E-state index is 12.9. The van der Waals surface area contributed by atoms with Crippen molar-refractivity contribution in [3.05, 3.63) is 72.2 Å². The van der Waals surface area contributed by atoms with Gasteiger partial charge in [-0.3, -0.25) is 9.59 Å². The minimum absolute atomic E-state index is 0.131. The summed E-state index contributed by atoms with van der Waals surface area (Å²) >= 11 is 1.41. The van der Waals surface area contributed by atoms with E-state index in [9.17, 15) is 9.59 Å². The quantitative estimate of drug-likeness (QED) is 0.594. The number of amides is 2. The molecule has 8 heteroatoms. The molecular formula is C22H23N5O2S. The Labute approximate surface area is 179 Å². The second kappa shape index (κ2) is 9.58. The van der Waals surface area contributed by atoms with E-state index in [0.29, 0.717) is 23.7 Å². The highest BCUT2D eigenvalue weighted by Crippen LogP contribution is 2.24. The van der Waals surface area contributed by atoms with Gasteiger partial charge >= 0.3 is 0 Å². The van der Waals surface area contributed by atoms with Crippen LogP contribution in [0.2, 0.25) is 0 Å². The number of nitrogens with one attached hydrogen (secondary N) is 1. The molecule has 154 valence electrons. The van der Waals surface area contributed by atoms with Crippen molar-refractivity contribution in [1.82, 2.24) is 25.0 Å². The highest BCUT2D eigenvalue weighted by Gasteiger charge is 2.19. The summed E-state index contributed by atoms with van der Waals surface area (Å²) in [7, 11) is 0. The molecular weight excluding hydrogens is 398 g/mol. The zero-order valence-electron chi connectivity index (χ0n) is 16.5. The van der Waals surface area contributed by atoms with Gasteiger partial charge in [-0.1, -0.05) is 18.2 Å². The van der Waals surface area contributed by atoms with Crippen molar-refractivity contribution in [1.29, 1.82) is 0 Å². The number of pyridine rings is 1. The van der Waals surface area contributed by atoms with E-state index in [1.807, 2.05) is 47.5 Å². The first-order chi connectivity index (χ1) is 14.7. The van der Waals surface area contributed by atoms with Gasteiger partial charge in [0.1, 0.15) is 0 Å². The summed E-state index contributed by atoms with van der Waals surface area (Å²) in [6.07, 6.45) is 7.35. The van der Waals surface area contributed by atoms with Gasteiger partial charge in [-0.05, 0) is 37.1 Å². The lowest BCUT2D eigenvalue weighted by atomic mass is 10.2. The minimum atomic E-state index is -0.179. The average molecular weight is 422 g/mol. The van der Waals surface area contributed by atoms with Crippen molar-refractivity contribution in [3.8, 4) is 5.82 Å². The summed E-state index contributed by atoms with van der Waals surface area (Å²) in [5.74, 6) is 0.978. The molecule has 0 saturated carbocycles. The Morgan fingerprint density at radius 2 is 1.87 bits per heavy atom. The van der Waals surface area contributed by atoms with Gasteiger partial charge in [-0.2, -0.15) is 5.10 Å². The fourth-order valence-corrected chi connectivity index (χ4v) is 4.37. The fourth-order valence-electron chi connectivity index (χ4n) is 3.42. The summed E-state index contributed by atoms with van der Waals surface area (Å²) in [4.78, 5) is 32.3. The largest absolute Gasteiger partial charge is 0.348 e. The first-order valence-corrected chi connectivity index (χ1v) is 10.9. The van der Waals surface area contributed by atoms with E-state index < -0.39 is 0 Å². The molecule has 0 radical (unpaired) electrons. The number of benzene rings is 1. The predicted octanol–water partition coefficient (Wildman–Crippen LogP) is 2.91. The molecule has 30 heavy (non-hydrogen) atoms. The molecule has 7 nitrogen and oxygen atoms in total. The zero-order chi connectivity index (χ0) is 20.8. The molecule has 0 unspecified atom stereocenters. The number of carbonyl (C=O) groups excluding carboxylic acids is 2. The molecule has 0 bridgehead atoms. The van der Waals surface area contributed by atoms with Crippen LogP contribution in [0.1, 0.15) is 28.8 Å². The van der Waals surface area contributed by atoms with Crippen LogP contribution in [0, 0.1) is 0 Å². The van der Waals surface area contributed by atoms with E-state index in [1.54, 1.807) is 23.1 Å². The number of hydrogen-bond acceptors (Lipinski definition) is 5. The van der Waals surface area contributed by atoms with Crippen LogP contribution in [-0.2, 0) is 11.3 Å². The van der Waals surface area contributed by atoms with Crippen LogP contribution in [0.15, 0.2) is 66.0 Å². The van der Waals surface area contributed by atoms with Gasteiger partial charge in [-0.25, -0.2) is 9.67 Å². The van der Waals surface area contributed by atoms with Crippen molar-refractivity contribution in [2.75, 3.05) is 18.8 Å². The Bertz CT molecular complexity index is 1020. The van der Waals surface area contributed by atoms with Crippen LogP contribution in [0.25, 0.3) is 5.82 Å². The normalized spacial score (nSPS) is 13.4. The molecule has 0 aliphatic carbocycles. The number of hydrogen-bond donors (Lipinski definition) is 1. The van der Waals surface area contributed by atoms with Crippen LogP contribution >= 0.6 is 11.8 Å². The van der Waals surface area contributed by atoms with Gasteiger partial charge in [-0.15, -0.1) is 11.8 Å². The average Bonchev–Trinajstić information content (AvgIpc) is 3.51. The number of rotatable bonds is 7. The Hall–Kier alpha value is -3.13. The molecule has 1 aliphatic rings. The maximum absolute atomic E-state index is 12.9. The zero-order valence-corrected chi connectivity index (χ0v) is 17.3. The number of carbonyl (C=O) groups is 2. The lowest BCUT2D eigenvalue weighted by molar-refractivity contribution is -0.127. The first kappa shape index (κ1) is 20.2. The number of thioether (sulfide) groups is 1. The summed E-state index contributed by atoms with van der Waals surface area (Å²) in [5.41, 5.74) is 1.44. The van der Waals surface area contributed by atoms with Gasteiger partial charge in [0.25, 0.3) is 5.91 Å². The SMILES string of the molecule is O=C(NCc1cccnc1-n1cccn1)c1ccccc1SCC(=O)N1CCCC1. The third-order valence-electron chi connectivity index (χ3n) is 4.97. The van der Waals surface area contributed by atoms with Crippen LogP contribution in [0.3, 0.4) is 0 Å². The Balaban J connectivity index is 1.42. The van der Waals surface area contributed by atoms with Gasteiger partial charge in [0.05, 0.1) is 11.3 Å². The van der Waals surface area contributed by atoms with Crippen molar-refractivity contribution in [3.63, 3.8) is 0 Å². The molecule has 2 amide bonds. The third-order valence-corrected chi connectivity index (χ3v) is 6.03. The van der Waals surface area contributed by atoms with Crippen LogP contribution in [-0.4, -0.2) is 50.3 Å². The Kier molecular flexibility index (Phi) is 6.44. The molecule has 0 spiro atoms. The second-order valence-corrected chi connectivity index (χ2v) is 8.01. The van der Waals surface area contributed by atoms with Crippen molar-refractivity contribution < 1.29 is 9.59 Å². The lowest BCUT2D eigenvalue weighted by Gasteiger charge is -2.15. The number of aromatic nitrogens is 3. The smallest absolute Gasteiger partial charge is 0.252 e. The van der Waals surface area contributed by atoms with Crippen molar-refractivity contribution >= 4 is 23.6 Å². The standard InChI is InChI=1S/C22H23N5O2S/c28-20(26-12-3-4-13-26)16-30-19-9-2-1-8-18(19)22(29)24-15-17-7-5-10-23-21(17)27-14-6-11-25-27/h1-2,5-11,14H,3-4,12-13,15-16H2,(H,24,29). The third kappa shape index (κ3) is 4.71. The van der Waals surface area contributed by atoms with E-state index >= 15 is 0 Å². The highest BCUT2D eigenvalue weighted by atomic mass is 32.2. The monoisotopic (exact) mass is 421 g/mol. The van der Waals surface area contributed by atoms with E-state index in [-0.39, 0.29) is 11.8 Å². The lowest BCUT2D eigenvalue weighted by Crippen LogP contribution is -2.29. The molecule has 1 aliphatic heterocycles. The van der Waals surface area contributed by atoms with Crippen LogP contribution in [0.4, 0.5) is 0 Å². The first-order valence-electron chi connectivity index (χ1n) is 9.94. The van der Waals surface area contributed by atoms with Crippen LogP contribution < -0.4 is 5.32 Å². The molecule has 3 heterocycles.